The monoisotopic (exact) mass is 371 g/mol. The van der Waals surface area contributed by atoms with Gasteiger partial charge in [-0.25, -0.2) is 4.68 Å². The molecule has 0 radical (unpaired) electrons. The smallest absolute Gasteiger partial charge is 0.271 e. The van der Waals surface area contributed by atoms with E-state index in [0.29, 0.717) is 17.9 Å². The average Bonchev–Trinajstić information content (AvgIpc) is 3.17. The zero-order valence-electron chi connectivity index (χ0n) is 15.5. The number of benzene rings is 1. The van der Waals surface area contributed by atoms with E-state index in [1.54, 1.807) is 24.4 Å². The summed E-state index contributed by atoms with van der Waals surface area (Å²) in [5, 5.41) is 18.0. The Labute approximate surface area is 158 Å². The van der Waals surface area contributed by atoms with Crippen LogP contribution < -0.4 is 5.32 Å². The maximum Gasteiger partial charge on any atom is 0.271 e. The third-order valence-electron chi connectivity index (χ3n) is 4.94. The van der Waals surface area contributed by atoms with Crippen molar-refractivity contribution in [3.8, 4) is 5.69 Å². The van der Waals surface area contributed by atoms with Gasteiger partial charge in [-0.3, -0.25) is 14.9 Å². The number of hydrogen-bond acceptors (Lipinski definition) is 5. The number of amides is 1. The molecule has 1 fully saturated rings. The fourth-order valence-corrected chi connectivity index (χ4v) is 3.22. The van der Waals surface area contributed by atoms with Gasteiger partial charge in [-0.2, -0.15) is 5.10 Å². The summed E-state index contributed by atoms with van der Waals surface area (Å²) in [5.74, 6) is 0.591. The molecule has 0 atom stereocenters. The molecule has 144 valence electrons. The third kappa shape index (κ3) is 5.13. The van der Waals surface area contributed by atoms with Crippen LogP contribution in [-0.2, 0) is 0 Å². The van der Waals surface area contributed by atoms with E-state index in [9.17, 15) is 14.9 Å². The molecule has 0 bridgehead atoms. The number of aromatic nitrogens is 2. The predicted octanol–water partition coefficient (Wildman–Crippen LogP) is 2.63. The number of hydrogen-bond donors (Lipinski definition) is 1. The molecule has 1 aliphatic rings. The molecule has 0 saturated carbocycles. The van der Waals surface area contributed by atoms with E-state index in [-0.39, 0.29) is 11.6 Å². The summed E-state index contributed by atoms with van der Waals surface area (Å²) in [4.78, 5) is 25.1. The minimum atomic E-state index is -0.455. The van der Waals surface area contributed by atoms with Gasteiger partial charge < -0.3 is 10.2 Å². The summed E-state index contributed by atoms with van der Waals surface area (Å²) in [6.07, 6.45) is 5.04. The van der Waals surface area contributed by atoms with Crippen molar-refractivity contribution in [1.82, 2.24) is 20.0 Å². The Morgan fingerprint density at radius 3 is 2.85 bits per heavy atom. The van der Waals surface area contributed by atoms with Gasteiger partial charge in [0.25, 0.3) is 11.6 Å². The summed E-state index contributed by atoms with van der Waals surface area (Å²) in [5.41, 5.74) is 0.831. The zero-order valence-corrected chi connectivity index (χ0v) is 15.5. The lowest BCUT2D eigenvalue weighted by Crippen LogP contribution is -2.35. The van der Waals surface area contributed by atoms with E-state index in [0.717, 1.165) is 32.0 Å². The van der Waals surface area contributed by atoms with Crippen LogP contribution in [0.3, 0.4) is 0 Å². The number of nitro groups is 1. The molecule has 0 spiro atoms. The first kappa shape index (κ1) is 19.0. The van der Waals surface area contributed by atoms with Gasteiger partial charge >= 0.3 is 0 Å². The van der Waals surface area contributed by atoms with E-state index in [2.05, 4.69) is 22.2 Å². The Morgan fingerprint density at radius 1 is 1.33 bits per heavy atom. The van der Waals surface area contributed by atoms with E-state index in [1.165, 1.54) is 29.7 Å². The van der Waals surface area contributed by atoms with E-state index in [4.69, 9.17) is 0 Å². The van der Waals surface area contributed by atoms with Crippen LogP contribution in [0.2, 0.25) is 0 Å². The van der Waals surface area contributed by atoms with Crippen LogP contribution in [0.5, 0.6) is 0 Å². The molecular formula is C19H25N5O3. The minimum Gasteiger partial charge on any atom is -0.351 e. The molecule has 1 amide bonds. The number of carbonyl (C=O) groups excluding carboxylic acids is 1. The number of nitro benzene ring substituents is 1. The van der Waals surface area contributed by atoms with E-state index < -0.39 is 4.92 Å². The average molecular weight is 371 g/mol. The highest BCUT2D eigenvalue weighted by Gasteiger charge is 2.15. The van der Waals surface area contributed by atoms with Crippen molar-refractivity contribution in [2.75, 3.05) is 26.2 Å². The lowest BCUT2D eigenvalue weighted by Gasteiger charge is -2.30. The topological polar surface area (TPSA) is 93.3 Å². The minimum absolute atomic E-state index is 0.0129. The molecule has 3 rings (SSSR count). The van der Waals surface area contributed by atoms with Crippen molar-refractivity contribution in [3.05, 3.63) is 52.3 Å². The van der Waals surface area contributed by atoms with Crippen molar-refractivity contribution in [3.63, 3.8) is 0 Å². The van der Waals surface area contributed by atoms with Gasteiger partial charge in [0.05, 0.1) is 10.6 Å². The van der Waals surface area contributed by atoms with Gasteiger partial charge in [-0.1, -0.05) is 13.0 Å². The molecule has 0 unspecified atom stereocenters. The van der Waals surface area contributed by atoms with Crippen molar-refractivity contribution in [2.24, 2.45) is 5.92 Å². The zero-order chi connectivity index (χ0) is 19.2. The largest absolute Gasteiger partial charge is 0.351 e. The van der Waals surface area contributed by atoms with Gasteiger partial charge in [0, 0.05) is 24.9 Å². The van der Waals surface area contributed by atoms with Crippen LogP contribution in [-0.4, -0.2) is 51.7 Å². The summed E-state index contributed by atoms with van der Waals surface area (Å²) in [7, 11) is 0. The molecule has 1 saturated heterocycles. The summed E-state index contributed by atoms with van der Waals surface area (Å²) >= 11 is 0. The van der Waals surface area contributed by atoms with Gasteiger partial charge in [0.2, 0.25) is 0 Å². The molecule has 8 heteroatoms. The van der Waals surface area contributed by atoms with Gasteiger partial charge in [0.1, 0.15) is 0 Å². The molecule has 2 heterocycles. The lowest BCUT2D eigenvalue weighted by atomic mass is 9.99. The number of carbonyl (C=O) groups is 1. The first-order valence-corrected chi connectivity index (χ1v) is 9.34. The summed E-state index contributed by atoms with van der Waals surface area (Å²) in [6, 6.07) is 7.76. The highest BCUT2D eigenvalue weighted by Crippen LogP contribution is 2.17. The van der Waals surface area contributed by atoms with Gasteiger partial charge in [-0.15, -0.1) is 0 Å². The maximum atomic E-state index is 12.2. The lowest BCUT2D eigenvalue weighted by molar-refractivity contribution is -0.384. The van der Waals surface area contributed by atoms with Crippen LogP contribution in [0.1, 0.15) is 36.7 Å². The number of piperidine rings is 1. The maximum absolute atomic E-state index is 12.2. The number of rotatable bonds is 7. The highest BCUT2D eigenvalue weighted by atomic mass is 16.6. The molecule has 1 aromatic heterocycles. The Balaban J connectivity index is 1.48. The Kier molecular flexibility index (Phi) is 6.18. The third-order valence-corrected chi connectivity index (χ3v) is 4.94. The Hall–Kier alpha value is -2.74. The molecule has 1 aromatic carbocycles. The predicted molar refractivity (Wildman–Crippen MR) is 102 cm³/mol. The van der Waals surface area contributed by atoms with Crippen LogP contribution in [0, 0.1) is 16.0 Å². The van der Waals surface area contributed by atoms with Crippen molar-refractivity contribution >= 4 is 11.6 Å². The molecule has 0 aliphatic carbocycles. The second kappa shape index (κ2) is 8.77. The van der Waals surface area contributed by atoms with Gasteiger partial charge in [0.15, 0.2) is 5.69 Å². The molecular weight excluding hydrogens is 346 g/mol. The number of likely N-dealkylation sites (tertiary alicyclic amines) is 1. The van der Waals surface area contributed by atoms with Crippen molar-refractivity contribution in [1.29, 1.82) is 0 Å². The van der Waals surface area contributed by atoms with Crippen LogP contribution in [0.4, 0.5) is 5.69 Å². The summed E-state index contributed by atoms with van der Waals surface area (Å²) in [6.45, 7) is 6.18. The van der Waals surface area contributed by atoms with E-state index in [1.807, 2.05) is 0 Å². The fourth-order valence-electron chi connectivity index (χ4n) is 3.22. The number of nitrogens with zero attached hydrogens (tertiary/aromatic N) is 4. The second-order valence-electron chi connectivity index (χ2n) is 7.06. The molecule has 2 aromatic rings. The first-order valence-electron chi connectivity index (χ1n) is 9.34. The van der Waals surface area contributed by atoms with Crippen LogP contribution in [0.15, 0.2) is 36.5 Å². The first-order chi connectivity index (χ1) is 13.0. The normalized spacial score (nSPS) is 15.6. The molecule has 8 nitrogen and oxygen atoms in total. The van der Waals surface area contributed by atoms with E-state index >= 15 is 0 Å². The molecule has 27 heavy (non-hydrogen) atoms. The van der Waals surface area contributed by atoms with Crippen molar-refractivity contribution < 1.29 is 9.72 Å². The standard InChI is InChI=1S/C19H25N5O3/c1-15-6-11-22(12-7-15)10-3-9-20-19(25)18-8-13-23(21-18)16-4-2-5-17(14-16)24(26)27/h2,4-5,8,13-15H,3,6-7,9-12H2,1H3,(H,20,25). The second-order valence-corrected chi connectivity index (χ2v) is 7.06. The number of nitrogens with one attached hydrogen (secondary N) is 1. The quantitative estimate of drug-likeness (QED) is 0.459. The highest BCUT2D eigenvalue weighted by molar-refractivity contribution is 5.92. The fraction of sp³-hybridized carbons (Fsp3) is 0.474. The Morgan fingerprint density at radius 2 is 2.11 bits per heavy atom. The molecule has 1 aliphatic heterocycles. The summed E-state index contributed by atoms with van der Waals surface area (Å²) < 4.78 is 1.47. The Bertz CT molecular complexity index is 796. The number of non-ortho nitro benzene ring substituents is 1. The molecule has 1 N–H and O–H groups in total. The van der Waals surface area contributed by atoms with Crippen LogP contribution in [0.25, 0.3) is 5.69 Å². The van der Waals surface area contributed by atoms with Crippen LogP contribution >= 0.6 is 0 Å². The SMILES string of the molecule is CC1CCN(CCCNC(=O)c2ccn(-c3cccc([N+](=O)[O-])c3)n2)CC1. The van der Waals surface area contributed by atoms with Crippen molar-refractivity contribution in [2.45, 2.75) is 26.2 Å². The van der Waals surface area contributed by atoms with Gasteiger partial charge in [-0.05, 0) is 56.9 Å².